The molecule has 1 aliphatic carbocycles. The van der Waals surface area contributed by atoms with Crippen LogP contribution in [0.25, 0.3) is 11.0 Å². The molecule has 0 radical (unpaired) electrons. The van der Waals surface area contributed by atoms with Gasteiger partial charge in [-0.2, -0.15) is 0 Å². The Kier molecular flexibility index (Phi) is 3.84. The van der Waals surface area contributed by atoms with Crippen molar-refractivity contribution >= 4 is 22.7 Å². The second-order valence-electron chi connectivity index (χ2n) is 7.13. The van der Waals surface area contributed by atoms with Gasteiger partial charge in [-0.15, -0.1) is 0 Å². The second kappa shape index (κ2) is 6.37. The van der Waals surface area contributed by atoms with Crippen molar-refractivity contribution in [2.24, 2.45) is 0 Å². The Bertz CT molecular complexity index is 991. The lowest BCUT2D eigenvalue weighted by Gasteiger charge is -2.36. The summed E-state index contributed by atoms with van der Waals surface area (Å²) in [4.78, 5) is 26.1. The van der Waals surface area contributed by atoms with Crippen LogP contribution in [0.15, 0.2) is 24.7 Å². The van der Waals surface area contributed by atoms with Gasteiger partial charge in [0.15, 0.2) is 17.3 Å². The summed E-state index contributed by atoms with van der Waals surface area (Å²) in [5, 5.41) is 0.938. The zero-order valence-corrected chi connectivity index (χ0v) is 15.1. The molecule has 0 atom stereocenters. The first-order valence-corrected chi connectivity index (χ1v) is 9.30. The quantitative estimate of drug-likeness (QED) is 0.706. The van der Waals surface area contributed by atoms with Gasteiger partial charge in [0.1, 0.15) is 18.0 Å². The van der Waals surface area contributed by atoms with Crippen LogP contribution in [0.4, 0.5) is 16.0 Å². The normalized spacial score (nSPS) is 17.6. The number of anilines is 2. The average Bonchev–Trinajstić information content (AvgIpc) is 3.55. The number of nitrogens with zero attached hydrogens (tertiary/aromatic N) is 7. The molecule has 1 saturated heterocycles. The second-order valence-corrected chi connectivity index (χ2v) is 7.13. The van der Waals surface area contributed by atoms with Gasteiger partial charge in [-0.05, 0) is 31.9 Å². The summed E-state index contributed by atoms with van der Waals surface area (Å²) >= 11 is 0. The molecule has 1 aliphatic heterocycles. The fourth-order valence-electron chi connectivity index (χ4n) is 3.56. The van der Waals surface area contributed by atoms with Gasteiger partial charge in [0, 0.05) is 38.3 Å². The zero-order chi connectivity index (χ0) is 18.4. The van der Waals surface area contributed by atoms with Gasteiger partial charge in [0.2, 0.25) is 0 Å². The van der Waals surface area contributed by atoms with Gasteiger partial charge < -0.3 is 9.80 Å². The summed E-state index contributed by atoms with van der Waals surface area (Å²) in [6.07, 6.45) is 5.49. The van der Waals surface area contributed by atoms with E-state index in [1.54, 1.807) is 19.4 Å². The van der Waals surface area contributed by atoms with Crippen molar-refractivity contribution in [3.05, 3.63) is 42.0 Å². The van der Waals surface area contributed by atoms with Crippen LogP contribution in [-0.4, -0.2) is 51.1 Å². The maximum atomic E-state index is 14.7. The third-order valence-corrected chi connectivity index (χ3v) is 5.23. The van der Waals surface area contributed by atoms with Gasteiger partial charge in [-0.3, -0.25) is 0 Å². The number of piperazine rings is 1. The Hall–Kier alpha value is -2.90. The van der Waals surface area contributed by atoms with E-state index in [0.717, 1.165) is 43.0 Å². The summed E-state index contributed by atoms with van der Waals surface area (Å²) in [7, 11) is 0. The molecule has 0 bridgehead atoms. The molecule has 8 heteroatoms. The van der Waals surface area contributed by atoms with Crippen molar-refractivity contribution in [2.75, 3.05) is 36.0 Å². The van der Waals surface area contributed by atoms with Crippen molar-refractivity contribution in [1.29, 1.82) is 0 Å². The van der Waals surface area contributed by atoms with E-state index in [1.807, 2.05) is 17.0 Å². The number of halogens is 1. The van der Waals surface area contributed by atoms with Crippen LogP contribution in [0.3, 0.4) is 0 Å². The van der Waals surface area contributed by atoms with Crippen LogP contribution in [0.5, 0.6) is 0 Å². The minimum Gasteiger partial charge on any atom is -0.352 e. The Labute approximate surface area is 156 Å². The van der Waals surface area contributed by atoms with Gasteiger partial charge in [0.05, 0.1) is 11.1 Å². The molecule has 0 unspecified atom stereocenters. The number of rotatable bonds is 3. The summed E-state index contributed by atoms with van der Waals surface area (Å²) in [5.41, 5.74) is 1.13. The van der Waals surface area contributed by atoms with Gasteiger partial charge in [-0.1, -0.05) is 0 Å². The van der Waals surface area contributed by atoms with Gasteiger partial charge in [0.25, 0.3) is 0 Å². The molecular formula is C19H20FN7. The fraction of sp³-hybridized carbons (Fsp3) is 0.421. The molecule has 4 heterocycles. The van der Waals surface area contributed by atoms with Crippen molar-refractivity contribution < 1.29 is 4.39 Å². The lowest BCUT2D eigenvalue weighted by Crippen LogP contribution is -2.47. The SMILES string of the molecule is Cc1nc(C2CC2)nc(N2CCN(c3ncnc4ncccc34)CC2)c1F. The van der Waals surface area contributed by atoms with E-state index in [1.165, 1.54) is 0 Å². The third-order valence-electron chi connectivity index (χ3n) is 5.23. The lowest BCUT2D eigenvalue weighted by atomic mass is 10.2. The number of hydrogen-bond donors (Lipinski definition) is 0. The zero-order valence-electron chi connectivity index (χ0n) is 15.1. The molecule has 1 saturated carbocycles. The van der Waals surface area contributed by atoms with E-state index < -0.39 is 0 Å². The molecule has 0 N–H and O–H groups in total. The predicted molar refractivity (Wildman–Crippen MR) is 100 cm³/mol. The Morgan fingerprint density at radius 2 is 1.70 bits per heavy atom. The molecule has 27 heavy (non-hydrogen) atoms. The number of aromatic nitrogens is 5. The Balaban J connectivity index is 1.39. The highest BCUT2D eigenvalue weighted by atomic mass is 19.1. The van der Waals surface area contributed by atoms with E-state index in [2.05, 4.69) is 29.8 Å². The number of pyridine rings is 1. The fourth-order valence-corrected chi connectivity index (χ4v) is 3.56. The van der Waals surface area contributed by atoms with Crippen molar-refractivity contribution in [1.82, 2.24) is 24.9 Å². The summed E-state index contributed by atoms with van der Waals surface area (Å²) in [6, 6.07) is 3.88. The topological polar surface area (TPSA) is 70.9 Å². The minimum atomic E-state index is -0.301. The van der Waals surface area contributed by atoms with E-state index >= 15 is 0 Å². The molecule has 7 nitrogen and oxygen atoms in total. The van der Waals surface area contributed by atoms with Crippen molar-refractivity contribution in [2.45, 2.75) is 25.7 Å². The number of hydrogen-bond acceptors (Lipinski definition) is 7. The van der Waals surface area contributed by atoms with E-state index in [-0.39, 0.29) is 5.82 Å². The smallest absolute Gasteiger partial charge is 0.186 e. The first-order chi connectivity index (χ1) is 13.2. The Morgan fingerprint density at radius 1 is 0.963 bits per heavy atom. The maximum absolute atomic E-state index is 14.7. The first-order valence-electron chi connectivity index (χ1n) is 9.30. The van der Waals surface area contributed by atoms with Crippen molar-refractivity contribution in [3.8, 4) is 0 Å². The Morgan fingerprint density at radius 3 is 2.44 bits per heavy atom. The molecule has 0 spiro atoms. The summed E-state index contributed by atoms with van der Waals surface area (Å²) in [5.74, 6) is 2.22. The van der Waals surface area contributed by atoms with Crippen LogP contribution in [0, 0.1) is 12.7 Å². The van der Waals surface area contributed by atoms with E-state index in [9.17, 15) is 4.39 Å². The van der Waals surface area contributed by atoms with Crippen LogP contribution >= 0.6 is 0 Å². The predicted octanol–water partition coefficient (Wildman–Crippen LogP) is 2.47. The molecular weight excluding hydrogens is 345 g/mol. The van der Waals surface area contributed by atoms with E-state index in [0.29, 0.717) is 36.2 Å². The lowest BCUT2D eigenvalue weighted by molar-refractivity contribution is 0.569. The molecule has 0 aromatic carbocycles. The third kappa shape index (κ3) is 2.94. The number of aryl methyl sites for hydroxylation is 1. The van der Waals surface area contributed by atoms with Crippen LogP contribution < -0.4 is 9.80 Å². The van der Waals surface area contributed by atoms with Crippen LogP contribution in [-0.2, 0) is 0 Å². The molecule has 3 aromatic heterocycles. The molecule has 2 fully saturated rings. The first kappa shape index (κ1) is 16.3. The highest BCUT2D eigenvalue weighted by molar-refractivity contribution is 5.86. The molecule has 0 amide bonds. The monoisotopic (exact) mass is 365 g/mol. The standard InChI is InChI=1S/C19H20FN7/c1-12-15(20)19(25-16(24-12)13-4-5-13)27-9-7-26(8-10-27)18-14-3-2-6-21-17(14)22-11-23-18/h2-3,6,11,13H,4-5,7-10H2,1H3. The number of fused-ring (bicyclic) bond motifs is 1. The van der Waals surface area contributed by atoms with Crippen LogP contribution in [0.1, 0.15) is 30.3 Å². The van der Waals surface area contributed by atoms with E-state index in [4.69, 9.17) is 0 Å². The minimum absolute atomic E-state index is 0.301. The molecule has 5 rings (SSSR count). The van der Waals surface area contributed by atoms with Gasteiger partial charge >= 0.3 is 0 Å². The summed E-state index contributed by atoms with van der Waals surface area (Å²) in [6.45, 7) is 4.57. The molecule has 138 valence electrons. The van der Waals surface area contributed by atoms with Crippen LogP contribution in [0.2, 0.25) is 0 Å². The summed E-state index contributed by atoms with van der Waals surface area (Å²) < 4.78 is 14.7. The highest BCUT2D eigenvalue weighted by Gasteiger charge is 2.30. The molecule has 3 aromatic rings. The van der Waals surface area contributed by atoms with Crippen molar-refractivity contribution in [3.63, 3.8) is 0 Å². The maximum Gasteiger partial charge on any atom is 0.186 e. The largest absolute Gasteiger partial charge is 0.352 e. The highest BCUT2D eigenvalue weighted by Crippen LogP contribution is 2.39. The average molecular weight is 365 g/mol. The van der Waals surface area contributed by atoms with Gasteiger partial charge in [-0.25, -0.2) is 29.3 Å². The molecule has 2 aliphatic rings.